The van der Waals surface area contributed by atoms with Crippen molar-refractivity contribution in [2.75, 3.05) is 40.3 Å². The Morgan fingerprint density at radius 3 is 2.48 bits per heavy atom. The zero-order chi connectivity index (χ0) is 15.4. The van der Waals surface area contributed by atoms with Gasteiger partial charge in [-0.1, -0.05) is 0 Å². The van der Waals surface area contributed by atoms with Crippen LogP contribution < -0.4 is 10.6 Å². The predicted molar refractivity (Wildman–Crippen MR) is 78.8 cm³/mol. The molecule has 7 heteroatoms. The first-order valence-electron chi connectivity index (χ1n) is 7.64. The van der Waals surface area contributed by atoms with Gasteiger partial charge in [0.1, 0.15) is 0 Å². The number of carbonyl (C=O) groups excluding carboxylic acids is 2. The van der Waals surface area contributed by atoms with Gasteiger partial charge in [0.25, 0.3) is 0 Å². The molecule has 0 aromatic heterocycles. The summed E-state index contributed by atoms with van der Waals surface area (Å²) >= 11 is 0. The van der Waals surface area contributed by atoms with Crippen LogP contribution in [0.15, 0.2) is 0 Å². The summed E-state index contributed by atoms with van der Waals surface area (Å²) in [7, 11) is 3.47. The molecule has 0 bridgehead atoms. The van der Waals surface area contributed by atoms with Crippen molar-refractivity contribution >= 4 is 11.9 Å². The fourth-order valence-corrected chi connectivity index (χ4v) is 2.93. The average Bonchev–Trinajstić information content (AvgIpc) is 2.49. The number of likely N-dealkylation sites (tertiary alicyclic amines) is 1. The lowest BCUT2D eigenvalue weighted by atomic mass is 9.94. The number of β-amino-alcohol motifs (C(OH)–C–C–N with tert-alkyl or cyclic N) is 1. The molecule has 2 atom stereocenters. The van der Waals surface area contributed by atoms with E-state index >= 15 is 0 Å². The fourth-order valence-electron chi connectivity index (χ4n) is 2.93. The average molecular weight is 298 g/mol. The van der Waals surface area contributed by atoms with Gasteiger partial charge in [-0.05, 0) is 25.8 Å². The minimum Gasteiger partial charge on any atom is -0.390 e. The van der Waals surface area contributed by atoms with E-state index in [1.54, 1.807) is 23.9 Å². The van der Waals surface area contributed by atoms with E-state index in [0.717, 1.165) is 13.0 Å². The van der Waals surface area contributed by atoms with Crippen LogP contribution in [0.1, 0.15) is 19.3 Å². The van der Waals surface area contributed by atoms with Gasteiger partial charge in [0.05, 0.1) is 12.1 Å². The van der Waals surface area contributed by atoms with Crippen LogP contribution in [0.25, 0.3) is 0 Å². The first kappa shape index (κ1) is 16.0. The second-order valence-electron chi connectivity index (χ2n) is 6.11. The lowest BCUT2D eigenvalue weighted by Crippen LogP contribution is -2.54. The Balaban J connectivity index is 1.79. The summed E-state index contributed by atoms with van der Waals surface area (Å²) in [6.45, 7) is 2.58. The van der Waals surface area contributed by atoms with E-state index in [9.17, 15) is 14.7 Å². The molecule has 0 spiro atoms. The molecule has 2 rings (SSSR count). The van der Waals surface area contributed by atoms with E-state index < -0.39 is 6.10 Å². The van der Waals surface area contributed by atoms with Crippen molar-refractivity contribution in [3.63, 3.8) is 0 Å². The lowest BCUT2D eigenvalue weighted by molar-refractivity contribution is -0.128. The van der Waals surface area contributed by atoms with Crippen LogP contribution >= 0.6 is 0 Å². The molecule has 0 unspecified atom stereocenters. The third-order valence-corrected chi connectivity index (χ3v) is 4.30. The zero-order valence-corrected chi connectivity index (χ0v) is 12.8. The van der Waals surface area contributed by atoms with Gasteiger partial charge < -0.3 is 25.5 Å². The van der Waals surface area contributed by atoms with Gasteiger partial charge in [-0.25, -0.2) is 4.79 Å². The maximum absolute atomic E-state index is 12.3. The number of hydrogen-bond acceptors (Lipinski definition) is 4. The van der Waals surface area contributed by atoms with Crippen molar-refractivity contribution in [2.45, 2.75) is 31.4 Å². The summed E-state index contributed by atoms with van der Waals surface area (Å²) in [5.41, 5.74) is 0. The van der Waals surface area contributed by atoms with E-state index in [1.165, 1.54) is 0 Å². The Hall–Kier alpha value is -1.34. The number of amides is 3. The molecule has 3 N–H and O–H groups in total. The number of rotatable bonds is 2. The Morgan fingerprint density at radius 1 is 1.24 bits per heavy atom. The number of urea groups is 1. The highest BCUT2D eigenvalue weighted by molar-refractivity contribution is 5.80. The highest BCUT2D eigenvalue weighted by atomic mass is 16.3. The van der Waals surface area contributed by atoms with E-state index in [1.807, 2.05) is 0 Å². The Bertz CT molecular complexity index is 380. The molecule has 2 aliphatic heterocycles. The maximum Gasteiger partial charge on any atom is 0.319 e. The molecule has 2 fully saturated rings. The molecule has 2 aliphatic rings. The molecule has 0 aromatic rings. The molecule has 3 amide bonds. The summed E-state index contributed by atoms with van der Waals surface area (Å²) < 4.78 is 0. The number of aliphatic hydroxyl groups is 1. The molecule has 0 aliphatic carbocycles. The molecule has 0 radical (unpaired) electrons. The molecule has 2 heterocycles. The smallest absolute Gasteiger partial charge is 0.319 e. The third-order valence-electron chi connectivity index (χ3n) is 4.30. The van der Waals surface area contributed by atoms with Gasteiger partial charge in [0.2, 0.25) is 5.91 Å². The number of hydrogen-bond donors (Lipinski definition) is 3. The van der Waals surface area contributed by atoms with E-state index in [4.69, 9.17) is 0 Å². The molecule has 120 valence electrons. The number of aliphatic hydroxyl groups excluding tert-OH is 1. The zero-order valence-electron chi connectivity index (χ0n) is 12.8. The van der Waals surface area contributed by atoms with Crippen LogP contribution in [0.5, 0.6) is 0 Å². The Kier molecular flexibility index (Phi) is 5.41. The highest BCUT2D eigenvalue weighted by Crippen LogP contribution is 2.19. The molecule has 0 aromatic carbocycles. The molecular weight excluding hydrogens is 272 g/mol. The number of nitrogens with zero attached hydrogens (tertiary/aromatic N) is 2. The second-order valence-corrected chi connectivity index (χ2v) is 6.11. The van der Waals surface area contributed by atoms with Crippen LogP contribution in [0.4, 0.5) is 4.79 Å². The normalized spacial score (nSPS) is 27.3. The summed E-state index contributed by atoms with van der Waals surface area (Å²) in [5, 5.41) is 15.9. The molecular formula is C14H26N4O3. The molecule has 7 nitrogen and oxygen atoms in total. The molecule has 2 saturated heterocycles. The van der Waals surface area contributed by atoms with Crippen LogP contribution in [-0.2, 0) is 4.79 Å². The van der Waals surface area contributed by atoms with Crippen molar-refractivity contribution in [3.8, 4) is 0 Å². The first-order valence-corrected chi connectivity index (χ1v) is 7.64. The van der Waals surface area contributed by atoms with E-state index in [-0.39, 0.29) is 23.9 Å². The minimum atomic E-state index is -0.516. The number of piperidine rings is 2. The van der Waals surface area contributed by atoms with Gasteiger partial charge in [0.15, 0.2) is 0 Å². The lowest BCUT2D eigenvalue weighted by Gasteiger charge is -2.35. The van der Waals surface area contributed by atoms with Crippen LogP contribution in [0, 0.1) is 5.92 Å². The standard InChI is InChI=1S/C14H26N4O3/c1-17(2)14(21)18-7-4-10(5-8-18)13(20)16-11-3-6-15-9-12(11)19/h10-12,15,19H,3-9H2,1-2H3,(H,16,20)/t11-,12-/m1/s1. The van der Waals surface area contributed by atoms with Gasteiger partial charge in [-0.3, -0.25) is 4.79 Å². The predicted octanol–water partition coefficient (Wildman–Crippen LogP) is -0.781. The highest BCUT2D eigenvalue weighted by Gasteiger charge is 2.31. The quantitative estimate of drug-likeness (QED) is 0.624. The SMILES string of the molecule is CN(C)C(=O)N1CCC(C(=O)N[C@@H]2CCNC[C@H]2O)CC1. The number of carbonyl (C=O) groups is 2. The van der Waals surface area contributed by atoms with Crippen molar-refractivity contribution in [1.29, 1.82) is 0 Å². The topological polar surface area (TPSA) is 84.9 Å². The van der Waals surface area contributed by atoms with Gasteiger partial charge in [-0.2, -0.15) is 0 Å². The van der Waals surface area contributed by atoms with Gasteiger partial charge >= 0.3 is 6.03 Å². The summed E-state index contributed by atoms with van der Waals surface area (Å²) in [6, 6.07) is -0.150. The van der Waals surface area contributed by atoms with E-state index in [2.05, 4.69) is 10.6 Å². The molecule has 0 saturated carbocycles. The summed E-state index contributed by atoms with van der Waals surface area (Å²) in [5.74, 6) is -0.0452. The van der Waals surface area contributed by atoms with Crippen molar-refractivity contribution in [1.82, 2.24) is 20.4 Å². The Labute approximate surface area is 125 Å². The van der Waals surface area contributed by atoms with Crippen LogP contribution in [-0.4, -0.2) is 79.3 Å². The number of nitrogens with one attached hydrogen (secondary N) is 2. The summed E-state index contributed by atoms with van der Waals surface area (Å²) in [4.78, 5) is 27.5. The fraction of sp³-hybridized carbons (Fsp3) is 0.857. The largest absolute Gasteiger partial charge is 0.390 e. The van der Waals surface area contributed by atoms with Crippen molar-refractivity contribution in [2.24, 2.45) is 5.92 Å². The maximum atomic E-state index is 12.3. The van der Waals surface area contributed by atoms with Gasteiger partial charge in [0, 0.05) is 39.6 Å². The summed E-state index contributed by atoms with van der Waals surface area (Å²) in [6.07, 6.45) is 1.61. The Morgan fingerprint density at radius 2 is 1.90 bits per heavy atom. The molecule has 21 heavy (non-hydrogen) atoms. The van der Waals surface area contributed by atoms with Crippen LogP contribution in [0.2, 0.25) is 0 Å². The van der Waals surface area contributed by atoms with E-state index in [0.29, 0.717) is 32.5 Å². The van der Waals surface area contributed by atoms with Gasteiger partial charge in [-0.15, -0.1) is 0 Å². The first-order chi connectivity index (χ1) is 9.99. The monoisotopic (exact) mass is 298 g/mol. The van der Waals surface area contributed by atoms with Crippen molar-refractivity contribution < 1.29 is 14.7 Å². The van der Waals surface area contributed by atoms with Crippen molar-refractivity contribution in [3.05, 3.63) is 0 Å². The second kappa shape index (κ2) is 7.09. The third kappa shape index (κ3) is 4.07. The minimum absolute atomic E-state index is 0.00244. The van der Waals surface area contributed by atoms with Crippen LogP contribution in [0.3, 0.4) is 0 Å².